The van der Waals surface area contributed by atoms with Gasteiger partial charge in [0.1, 0.15) is 5.60 Å². The Kier molecular flexibility index (Phi) is 4.40. The van der Waals surface area contributed by atoms with Crippen LogP contribution in [-0.2, 0) is 4.74 Å². The van der Waals surface area contributed by atoms with Crippen molar-refractivity contribution in [2.75, 3.05) is 0 Å². The van der Waals surface area contributed by atoms with E-state index in [1.807, 2.05) is 39.8 Å². The number of benzene rings is 1. The number of ether oxygens (including phenoxy) is 1. The third-order valence-electron chi connectivity index (χ3n) is 2.10. The molecule has 1 aromatic carbocycles. The van der Waals surface area contributed by atoms with Crippen molar-refractivity contribution in [1.82, 2.24) is 5.32 Å². The first-order chi connectivity index (χ1) is 7.78. The van der Waals surface area contributed by atoms with Crippen molar-refractivity contribution >= 4 is 17.7 Å². The molecule has 0 aromatic heterocycles. The van der Waals surface area contributed by atoms with Crippen molar-refractivity contribution < 1.29 is 9.53 Å². The minimum atomic E-state index is -0.482. The zero-order valence-electron chi connectivity index (χ0n) is 10.6. The quantitative estimate of drug-likeness (QED) is 0.870. The predicted molar refractivity (Wildman–Crippen MR) is 69.2 cm³/mol. The SMILES string of the molecule is CC(NC(=O)OC(C)(C)C)c1ccc(Cl)cc1. The van der Waals surface area contributed by atoms with Gasteiger partial charge in [0.15, 0.2) is 0 Å². The lowest BCUT2D eigenvalue weighted by Crippen LogP contribution is -2.34. The molecule has 4 heteroatoms. The van der Waals surface area contributed by atoms with Crippen molar-refractivity contribution in [3.05, 3.63) is 34.9 Å². The Labute approximate surface area is 107 Å². The number of amides is 1. The number of hydrogen-bond acceptors (Lipinski definition) is 2. The molecule has 0 radical (unpaired) electrons. The Morgan fingerprint density at radius 3 is 2.29 bits per heavy atom. The summed E-state index contributed by atoms with van der Waals surface area (Å²) >= 11 is 5.80. The second-order valence-corrected chi connectivity index (χ2v) is 5.36. The first-order valence-electron chi connectivity index (χ1n) is 5.53. The van der Waals surface area contributed by atoms with Gasteiger partial charge < -0.3 is 10.1 Å². The summed E-state index contributed by atoms with van der Waals surface area (Å²) in [5.74, 6) is 0. The van der Waals surface area contributed by atoms with Crippen LogP contribution in [0.25, 0.3) is 0 Å². The minimum absolute atomic E-state index is 0.109. The maximum Gasteiger partial charge on any atom is 0.408 e. The average Bonchev–Trinajstić information content (AvgIpc) is 2.15. The minimum Gasteiger partial charge on any atom is -0.444 e. The molecule has 1 amide bonds. The number of nitrogens with one attached hydrogen (secondary N) is 1. The molecule has 17 heavy (non-hydrogen) atoms. The fourth-order valence-electron chi connectivity index (χ4n) is 1.32. The summed E-state index contributed by atoms with van der Waals surface area (Å²) in [6, 6.07) is 7.24. The summed E-state index contributed by atoms with van der Waals surface area (Å²) in [6.45, 7) is 7.39. The molecule has 1 unspecified atom stereocenters. The molecule has 0 fully saturated rings. The second-order valence-electron chi connectivity index (χ2n) is 4.92. The van der Waals surface area contributed by atoms with Crippen molar-refractivity contribution in [3.8, 4) is 0 Å². The van der Waals surface area contributed by atoms with E-state index in [9.17, 15) is 4.79 Å². The maximum absolute atomic E-state index is 11.5. The lowest BCUT2D eigenvalue weighted by atomic mass is 10.1. The highest BCUT2D eigenvalue weighted by Gasteiger charge is 2.18. The van der Waals surface area contributed by atoms with Crippen LogP contribution in [-0.4, -0.2) is 11.7 Å². The van der Waals surface area contributed by atoms with E-state index in [2.05, 4.69) is 5.32 Å². The number of alkyl carbamates (subject to hydrolysis) is 1. The lowest BCUT2D eigenvalue weighted by molar-refractivity contribution is 0.0508. The van der Waals surface area contributed by atoms with Crippen LogP contribution >= 0.6 is 11.6 Å². The molecule has 94 valence electrons. The summed E-state index contributed by atoms with van der Waals surface area (Å²) in [5.41, 5.74) is 0.504. The van der Waals surface area contributed by atoms with Crippen LogP contribution in [0.4, 0.5) is 4.79 Å². The molecule has 0 spiro atoms. The van der Waals surface area contributed by atoms with Gasteiger partial charge in [0.05, 0.1) is 6.04 Å². The monoisotopic (exact) mass is 255 g/mol. The molecule has 3 nitrogen and oxygen atoms in total. The number of rotatable bonds is 2. The molecule has 0 aliphatic rings. The van der Waals surface area contributed by atoms with Crippen molar-refractivity contribution in [1.29, 1.82) is 0 Å². The van der Waals surface area contributed by atoms with Gasteiger partial charge >= 0.3 is 6.09 Å². The molecule has 0 heterocycles. The van der Waals surface area contributed by atoms with Crippen LogP contribution in [0, 0.1) is 0 Å². The maximum atomic E-state index is 11.5. The van der Waals surface area contributed by atoms with Crippen LogP contribution in [0.5, 0.6) is 0 Å². The molecular formula is C13H18ClNO2. The Morgan fingerprint density at radius 1 is 1.29 bits per heavy atom. The lowest BCUT2D eigenvalue weighted by Gasteiger charge is -2.22. The Morgan fingerprint density at radius 2 is 1.82 bits per heavy atom. The van der Waals surface area contributed by atoms with Gasteiger partial charge in [-0.15, -0.1) is 0 Å². The average molecular weight is 256 g/mol. The van der Waals surface area contributed by atoms with Gasteiger partial charge in [-0.25, -0.2) is 4.79 Å². The first-order valence-corrected chi connectivity index (χ1v) is 5.91. The van der Waals surface area contributed by atoms with Crippen LogP contribution in [0.2, 0.25) is 5.02 Å². The molecule has 0 saturated heterocycles. The number of carbonyl (C=O) groups is 1. The Bertz CT molecular complexity index is 381. The van der Waals surface area contributed by atoms with Crippen LogP contribution < -0.4 is 5.32 Å². The van der Waals surface area contributed by atoms with Crippen molar-refractivity contribution in [3.63, 3.8) is 0 Å². The van der Waals surface area contributed by atoms with Gasteiger partial charge in [0.2, 0.25) is 0 Å². The van der Waals surface area contributed by atoms with E-state index in [4.69, 9.17) is 16.3 Å². The number of hydrogen-bond donors (Lipinski definition) is 1. The standard InChI is InChI=1S/C13H18ClNO2/c1-9(10-5-7-11(14)8-6-10)15-12(16)17-13(2,3)4/h5-9H,1-4H3,(H,15,16). The van der Waals surface area contributed by atoms with Crippen molar-refractivity contribution in [2.45, 2.75) is 39.3 Å². The van der Waals surface area contributed by atoms with Gasteiger partial charge in [-0.05, 0) is 45.4 Å². The van der Waals surface area contributed by atoms with Gasteiger partial charge in [0.25, 0.3) is 0 Å². The van der Waals surface area contributed by atoms with Gasteiger partial charge in [-0.3, -0.25) is 0 Å². The summed E-state index contributed by atoms with van der Waals surface area (Å²) in [4.78, 5) is 11.5. The van der Waals surface area contributed by atoms with E-state index in [0.717, 1.165) is 5.56 Å². The third-order valence-corrected chi connectivity index (χ3v) is 2.36. The van der Waals surface area contributed by atoms with Crippen LogP contribution in [0.3, 0.4) is 0 Å². The highest BCUT2D eigenvalue weighted by molar-refractivity contribution is 6.30. The molecule has 1 rings (SSSR count). The molecule has 0 bridgehead atoms. The Balaban J connectivity index is 2.57. The smallest absolute Gasteiger partial charge is 0.408 e. The highest BCUT2D eigenvalue weighted by Crippen LogP contribution is 2.16. The normalized spacial score (nSPS) is 13.0. The zero-order chi connectivity index (χ0) is 13.1. The third kappa shape index (κ3) is 5.09. The molecule has 0 saturated carbocycles. The summed E-state index contributed by atoms with van der Waals surface area (Å²) in [5, 5.41) is 3.45. The van der Waals surface area contributed by atoms with E-state index in [-0.39, 0.29) is 6.04 Å². The largest absolute Gasteiger partial charge is 0.444 e. The molecule has 1 N–H and O–H groups in total. The Hall–Kier alpha value is -1.22. The number of carbonyl (C=O) groups excluding carboxylic acids is 1. The molecular weight excluding hydrogens is 238 g/mol. The van der Waals surface area contributed by atoms with Crippen LogP contribution in [0.15, 0.2) is 24.3 Å². The zero-order valence-corrected chi connectivity index (χ0v) is 11.3. The van der Waals surface area contributed by atoms with E-state index in [0.29, 0.717) is 5.02 Å². The molecule has 0 aliphatic heterocycles. The van der Waals surface area contributed by atoms with Gasteiger partial charge in [0, 0.05) is 5.02 Å². The van der Waals surface area contributed by atoms with E-state index in [1.54, 1.807) is 12.1 Å². The number of halogens is 1. The van der Waals surface area contributed by atoms with E-state index in [1.165, 1.54) is 0 Å². The van der Waals surface area contributed by atoms with Crippen molar-refractivity contribution in [2.24, 2.45) is 0 Å². The second kappa shape index (κ2) is 5.41. The fraction of sp³-hybridized carbons (Fsp3) is 0.462. The van der Waals surface area contributed by atoms with Gasteiger partial charge in [-0.2, -0.15) is 0 Å². The molecule has 0 aliphatic carbocycles. The fourth-order valence-corrected chi connectivity index (χ4v) is 1.45. The highest BCUT2D eigenvalue weighted by atomic mass is 35.5. The summed E-state index contributed by atoms with van der Waals surface area (Å²) < 4.78 is 5.18. The summed E-state index contributed by atoms with van der Waals surface area (Å²) in [7, 11) is 0. The summed E-state index contributed by atoms with van der Waals surface area (Å²) in [6.07, 6.45) is -0.417. The van der Waals surface area contributed by atoms with E-state index < -0.39 is 11.7 Å². The molecule has 1 atom stereocenters. The first kappa shape index (κ1) is 13.8. The van der Waals surface area contributed by atoms with E-state index >= 15 is 0 Å². The predicted octanol–water partition coefficient (Wildman–Crippen LogP) is 3.93. The molecule has 1 aromatic rings. The topological polar surface area (TPSA) is 38.3 Å². The van der Waals surface area contributed by atoms with Crippen LogP contribution in [0.1, 0.15) is 39.3 Å². The van der Waals surface area contributed by atoms with Gasteiger partial charge in [-0.1, -0.05) is 23.7 Å².